The standard InChI is InChI=1S/C26H38N4O5/c1-34-22-10-8-18(16-23(22)35-2)12-15-30-25(32)20(28-26(30)33)9-11-24(31)27-17-19-6-5-14-29-13-4-3-7-21(19)29/h8,10,16,19-21H,3-7,9,11-15,17H2,1-2H3,(H,27,31)(H,28,33)/t19-,20-,21-/m0/s1. The van der Waals surface area contributed by atoms with Gasteiger partial charge in [0.1, 0.15) is 6.04 Å². The molecule has 0 unspecified atom stereocenters. The molecule has 0 saturated carbocycles. The summed E-state index contributed by atoms with van der Waals surface area (Å²) in [4.78, 5) is 41.5. The number of carbonyl (C=O) groups excluding carboxylic acids is 3. The van der Waals surface area contributed by atoms with Gasteiger partial charge in [-0.25, -0.2) is 4.79 Å². The minimum Gasteiger partial charge on any atom is -0.493 e. The molecular formula is C26H38N4O5. The van der Waals surface area contributed by atoms with Gasteiger partial charge in [0.05, 0.1) is 14.2 Å². The lowest BCUT2D eigenvalue weighted by atomic mass is 9.83. The van der Waals surface area contributed by atoms with Gasteiger partial charge in [0.25, 0.3) is 5.91 Å². The number of nitrogens with one attached hydrogen (secondary N) is 2. The van der Waals surface area contributed by atoms with Gasteiger partial charge < -0.3 is 25.0 Å². The highest BCUT2D eigenvalue weighted by atomic mass is 16.5. The molecule has 0 bridgehead atoms. The van der Waals surface area contributed by atoms with E-state index in [0.29, 0.717) is 42.8 Å². The molecule has 1 aromatic rings. The zero-order chi connectivity index (χ0) is 24.8. The second-order valence-corrected chi connectivity index (χ2v) is 9.78. The fraction of sp³-hybridized carbons (Fsp3) is 0.654. The van der Waals surface area contributed by atoms with Crippen LogP contribution in [-0.4, -0.2) is 80.1 Å². The molecule has 4 rings (SSSR count). The first-order chi connectivity index (χ1) is 17.0. The summed E-state index contributed by atoms with van der Waals surface area (Å²) in [6.45, 7) is 3.33. The van der Waals surface area contributed by atoms with Crippen LogP contribution in [0.5, 0.6) is 11.5 Å². The number of imide groups is 1. The summed E-state index contributed by atoms with van der Waals surface area (Å²) in [5, 5.41) is 5.82. The number of piperidine rings is 2. The molecule has 35 heavy (non-hydrogen) atoms. The van der Waals surface area contributed by atoms with E-state index in [2.05, 4.69) is 15.5 Å². The van der Waals surface area contributed by atoms with Crippen LogP contribution >= 0.6 is 0 Å². The van der Waals surface area contributed by atoms with Crippen LogP contribution in [0.15, 0.2) is 18.2 Å². The first-order valence-electron chi connectivity index (χ1n) is 12.8. The molecule has 0 aliphatic carbocycles. The van der Waals surface area contributed by atoms with Crippen molar-refractivity contribution in [2.45, 2.75) is 63.5 Å². The Balaban J connectivity index is 1.21. The summed E-state index contributed by atoms with van der Waals surface area (Å²) < 4.78 is 10.6. The van der Waals surface area contributed by atoms with Crippen LogP contribution in [0, 0.1) is 5.92 Å². The molecule has 4 amide bonds. The van der Waals surface area contributed by atoms with Crippen LogP contribution in [0.3, 0.4) is 0 Å². The molecule has 0 aromatic heterocycles. The summed E-state index contributed by atoms with van der Waals surface area (Å²) in [5.41, 5.74) is 0.935. The smallest absolute Gasteiger partial charge is 0.324 e. The zero-order valence-corrected chi connectivity index (χ0v) is 20.9. The van der Waals surface area contributed by atoms with E-state index in [4.69, 9.17) is 9.47 Å². The normalized spacial score (nSPS) is 24.6. The third kappa shape index (κ3) is 6.07. The number of rotatable bonds is 10. The Kier molecular flexibility index (Phi) is 8.49. The molecule has 9 heteroatoms. The monoisotopic (exact) mass is 486 g/mol. The molecule has 192 valence electrons. The van der Waals surface area contributed by atoms with Crippen molar-refractivity contribution in [3.05, 3.63) is 23.8 Å². The van der Waals surface area contributed by atoms with Crippen LogP contribution in [-0.2, 0) is 16.0 Å². The third-order valence-electron chi connectivity index (χ3n) is 7.63. The molecule has 0 spiro atoms. The second kappa shape index (κ2) is 11.7. The van der Waals surface area contributed by atoms with Crippen LogP contribution < -0.4 is 20.1 Å². The van der Waals surface area contributed by atoms with Gasteiger partial charge in [0.15, 0.2) is 11.5 Å². The lowest BCUT2D eigenvalue weighted by Gasteiger charge is -2.44. The van der Waals surface area contributed by atoms with Crippen molar-refractivity contribution < 1.29 is 23.9 Å². The van der Waals surface area contributed by atoms with Crippen molar-refractivity contribution in [2.75, 3.05) is 40.4 Å². The van der Waals surface area contributed by atoms with E-state index in [-0.39, 0.29) is 24.8 Å². The maximum Gasteiger partial charge on any atom is 0.324 e. The molecule has 3 fully saturated rings. The number of hydrogen-bond acceptors (Lipinski definition) is 6. The van der Waals surface area contributed by atoms with Gasteiger partial charge in [-0.05, 0) is 75.2 Å². The minimum absolute atomic E-state index is 0.0521. The lowest BCUT2D eigenvalue weighted by Crippen LogP contribution is -2.51. The van der Waals surface area contributed by atoms with E-state index in [1.807, 2.05) is 12.1 Å². The second-order valence-electron chi connectivity index (χ2n) is 9.78. The van der Waals surface area contributed by atoms with E-state index in [1.165, 1.54) is 43.7 Å². The predicted octanol–water partition coefficient (Wildman–Crippen LogP) is 2.33. The minimum atomic E-state index is -0.651. The van der Waals surface area contributed by atoms with Crippen LogP contribution in [0.25, 0.3) is 0 Å². The first-order valence-corrected chi connectivity index (χ1v) is 12.8. The number of ether oxygens (including phenoxy) is 2. The van der Waals surface area contributed by atoms with Gasteiger partial charge in [-0.3, -0.25) is 14.5 Å². The van der Waals surface area contributed by atoms with Gasteiger partial charge in [-0.2, -0.15) is 0 Å². The Morgan fingerprint density at radius 1 is 1.09 bits per heavy atom. The molecule has 2 N–H and O–H groups in total. The van der Waals surface area contributed by atoms with E-state index < -0.39 is 12.1 Å². The Morgan fingerprint density at radius 3 is 2.69 bits per heavy atom. The number of fused-ring (bicyclic) bond motifs is 1. The maximum atomic E-state index is 12.8. The molecular weight excluding hydrogens is 448 g/mol. The summed E-state index contributed by atoms with van der Waals surface area (Å²) in [6, 6.07) is 5.08. The summed E-state index contributed by atoms with van der Waals surface area (Å²) in [7, 11) is 3.14. The van der Waals surface area contributed by atoms with Crippen LogP contribution in [0.1, 0.15) is 50.5 Å². The number of carbonyl (C=O) groups is 3. The van der Waals surface area contributed by atoms with Crippen molar-refractivity contribution in [1.82, 2.24) is 20.4 Å². The van der Waals surface area contributed by atoms with Crippen molar-refractivity contribution in [3.8, 4) is 11.5 Å². The molecule has 3 aliphatic rings. The fourth-order valence-corrected chi connectivity index (χ4v) is 5.69. The van der Waals surface area contributed by atoms with Gasteiger partial charge in [0.2, 0.25) is 5.91 Å². The lowest BCUT2D eigenvalue weighted by molar-refractivity contribution is -0.127. The van der Waals surface area contributed by atoms with Gasteiger partial charge >= 0.3 is 6.03 Å². The maximum absolute atomic E-state index is 12.8. The van der Waals surface area contributed by atoms with Gasteiger partial charge in [-0.15, -0.1) is 0 Å². The molecule has 1 aromatic carbocycles. The highest BCUT2D eigenvalue weighted by molar-refractivity contribution is 6.04. The summed E-state index contributed by atoms with van der Waals surface area (Å²) in [5.74, 6) is 1.42. The molecule has 9 nitrogen and oxygen atoms in total. The Bertz CT molecular complexity index is 921. The zero-order valence-electron chi connectivity index (χ0n) is 20.9. The molecule has 3 aliphatic heterocycles. The summed E-state index contributed by atoms with van der Waals surface area (Å²) >= 11 is 0. The van der Waals surface area contributed by atoms with Crippen molar-refractivity contribution in [1.29, 1.82) is 0 Å². The number of methoxy groups -OCH3 is 2. The number of amides is 4. The number of urea groups is 1. The van der Waals surface area contributed by atoms with Crippen molar-refractivity contribution in [2.24, 2.45) is 5.92 Å². The first kappa shape index (κ1) is 25.3. The number of nitrogens with zero attached hydrogens (tertiary/aromatic N) is 2. The Labute approximate surface area is 207 Å². The van der Waals surface area contributed by atoms with Gasteiger partial charge in [-0.1, -0.05) is 12.5 Å². The van der Waals surface area contributed by atoms with Gasteiger partial charge in [0, 0.05) is 25.6 Å². The largest absolute Gasteiger partial charge is 0.493 e. The van der Waals surface area contributed by atoms with E-state index in [0.717, 1.165) is 12.0 Å². The van der Waals surface area contributed by atoms with Crippen molar-refractivity contribution in [3.63, 3.8) is 0 Å². The Morgan fingerprint density at radius 2 is 1.89 bits per heavy atom. The average molecular weight is 487 g/mol. The Hall–Kier alpha value is -2.81. The summed E-state index contributed by atoms with van der Waals surface area (Å²) in [6.07, 6.45) is 7.17. The van der Waals surface area contributed by atoms with E-state index in [1.54, 1.807) is 20.3 Å². The molecule has 3 saturated heterocycles. The topological polar surface area (TPSA) is 100 Å². The van der Waals surface area contributed by atoms with E-state index in [9.17, 15) is 14.4 Å². The quantitative estimate of drug-likeness (QED) is 0.493. The van der Waals surface area contributed by atoms with Crippen LogP contribution in [0.2, 0.25) is 0 Å². The molecule has 3 atom stereocenters. The third-order valence-corrected chi connectivity index (χ3v) is 7.63. The average Bonchev–Trinajstić information content (AvgIpc) is 3.16. The van der Waals surface area contributed by atoms with E-state index >= 15 is 0 Å². The number of benzene rings is 1. The highest BCUT2D eigenvalue weighted by Crippen LogP contribution is 2.30. The predicted molar refractivity (Wildman–Crippen MR) is 131 cm³/mol. The SMILES string of the molecule is COc1ccc(CCN2C(=O)N[C@@H](CCC(=O)NC[C@@H]3CCCN4CCCC[C@@H]34)C2=O)cc1OC. The number of hydrogen-bond donors (Lipinski definition) is 2. The molecule has 0 radical (unpaired) electrons. The molecule has 3 heterocycles. The van der Waals surface area contributed by atoms with Crippen molar-refractivity contribution >= 4 is 17.8 Å². The highest BCUT2D eigenvalue weighted by Gasteiger charge is 2.38. The van der Waals surface area contributed by atoms with Crippen LogP contribution in [0.4, 0.5) is 4.79 Å². The fourth-order valence-electron chi connectivity index (χ4n) is 5.69.